The number of ether oxygens (including phenoxy) is 5. The zero-order valence-electron chi connectivity index (χ0n) is 20.5. The summed E-state index contributed by atoms with van der Waals surface area (Å²) in [4.78, 5) is 25.5. The Morgan fingerprint density at radius 3 is 2.81 bits per heavy atom. The predicted molar refractivity (Wildman–Crippen MR) is 135 cm³/mol. The van der Waals surface area contributed by atoms with Gasteiger partial charge in [-0.05, 0) is 59.2 Å². The largest absolute Gasteiger partial charge is 0.493 e. The lowest BCUT2D eigenvalue weighted by molar-refractivity contribution is 0.0865. The summed E-state index contributed by atoms with van der Waals surface area (Å²) in [6.45, 7) is 2.00. The van der Waals surface area contributed by atoms with Crippen LogP contribution >= 0.6 is 0 Å². The van der Waals surface area contributed by atoms with Gasteiger partial charge in [-0.15, -0.1) is 0 Å². The third kappa shape index (κ3) is 5.78. The zero-order chi connectivity index (χ0) is 25.6. The maximum atomic E-state index is 13.1. The van der Waals surface area contributed by atoms with Crippen molar-refractivity contribution < 1.29 is 33.3 Å². The fourth-order valence-electron chi connectivity index (χ4n) is 4.26. The highest BCUT2D eigenvalue weighted by Crippen LogP contribution is 2.41. The zero-order valence-corrected chi connectivity index (χ0v) is 20.5. The Bertz CT molecular complexity index is 1310. The van der Waals surface area contributed by atoms with Crippen LogP contribution < -0.4 is 29.6 Å². The van der Waals surface area contributed by atoms with Gasteiger partial charge in [-0.1, -0.05) is 12.1 Å². The minimum absolute atomic E-state index is 0.137. The number of carbonyl (C=O) groups excluding carboxylic acids is 2. The van der Waals surface area contributed by atoms with Gasteiger partial charge in [-0.2, -0.15) is 0 Å². The monoisotopic (exact) mass is 504 g/mol. The number of nitrogens with one attached hydrogen (secondary N) is 2. The first-order valence-corrected chi connectivity index (χ1v) is 12.1. The molecule has 0 saturated heterocycles. The molecule has 2 aliphatic heterocycles. The van der Waals surface area contributed by atoms with E-state index in [1.165, 1.54) is 0 Å². The van der Waals surface area contributed by atoms with E-state index in [1.807, 2.05) is 36.4 Å². The van der Waals surface area contributed by atoms with Crippen molar-refractivity contribution >= 4 is 11.8 Å². The number of carbonyl (C=O) groups is 2. The van der Waals surface area contributed by atoms with E-state index in [9.17, 15) is 9.59 Å². The van der Waals surface area contributed by atoms with E-state index < -0.39 is 0 Å². The molecular weight excluding hydrogens is 476 g/mol. The first-order valence-electron chi connectivity index (χ1n) is 12.1. The van der Waals surface area contributed by atoms with Gasteiger partial charge in [-0.25, -0.2) is 0 Å². The van der Waals surface area contributed by atoms with Crippen LogP contribution in [0.1, 0.15) is 37.4 Å². The molecule has 9 nitrogen and oxygen atoms in total. The van der Waals surface area contributed by atoms with Crippen LogP contribution in [0.3, 0.4) is 0 Å². The van der Waals surface area contributed by atoms with Gasteiger partial charge in [0, 0.05) is 30.6 Å². The van der Waals surface area contributed by atoms with Crippen LogP contribution in [0.25, 0.3) is 0 Å². The molecule has 2 aliphatic rings. The van der Waals surface area contributed by atoms with Crippen LogP contribution in [0, 0.1) is 0 Å². The molecule has 2 N–H and O–H groups in total. The van der Waals surface area contributed by atoms with Crippen LogP contribution in [0.4, 0.5) is 0 Å². The van der Waals surface area contributed by atoms with Gasteiger partial charge in [0.25, 0.3) is 11.8 Å². The van der Waals surface area contributed by atoms with Crippen molar-refractivity contribution in [3.8, 4) is 23.0 Å². The molecule has 0 saturated carbocycles. The number of rotatable bonds is 4. The van der Waals surface area contributed by atoms with Gasteiger partial charge in [0.05, 0.1) is 20.3 Å². The molecule has 2 bridgehead atoms. The Kier molecular flexibility index (Phi) is 7.41. The van der Waals surface area contributed by atoms with Crippen LogP contribution in [0.15, 0.2) is 54.6 Å². The summed E-state index contributed by atoms with van der Waals surface area (Å²) in [6.07, 6.45) is 0.498. The maximum absolute atomic E-state index is 13.1. The minimum Gasteiger partial charge on any atom is -0.493 e. The second-order valence-electron chi connectivity index (χ2n) is 8.63. The molecule has 9 heteroatoms. The molecule has 192 valence electrons. The SMILES string of the molecule is COc1cc(CNC(=O)c2ccc3c(c2)Cc2cccc(c2)C(=O)NCCOCCO3)cc2c1OCO2. The van der Waals surface area contributed by atoms with E-state index in [2.05, 4.69) is 10.6 Å². The maximum Gasteiger partial charge on any atom is 0.251 e. The summed E-state index contributed by atoms with van der Waals surface area (Å²) < 4.78 is 27.8. The minimum atomic E-state index is -0.227. The van der Waals surface area contributed by atoms with Crippen LogP contribution in [0.2, 0.25) is 0 Å². The lowest BCUT2D eigenvalue weighted by atomic mass is 9.99. The number of methoxy groups -OCH3 is 1. The van der Waals surface area contributed by atoms with Crippen molar-refractivity contribution in [2.75, 3.05) is 40.3 Å². The molecule has 0 atom stereocenters. The van der Waals surface area contributed by atoms with E-state index in [0.29, 0.717) is 66.9 Å². The number of hydrogen-bond acceptors (Lipinski definition) is 7. The summed E-state index contributed by atoms with van der Waals surface area (Å²) >= 11 is 0. The fraction of sp³-hybridized carbons (Fsp3) is 0.286. The van der Waals surface area contributed by atoms with Gasteiger partial charge in [0.1, 0.15) is 12.4 Å². The molecule has 5 rings (SSSR count). The fourth-order valence-corrected chi connectivity index (χ4v) is 4.26. The third-order valence-corrected chi connectivity index (χ3v) is 6.09. The Labute approximate surface area is 214 Å². The topological polar surface area (TPSA) is 104 Å². The molecule has 2 heterocycles. The first kappa shape index (κ1) is 24.5. The summed E-state index contributed by atoms with van der Waals surface area (Å²) in [6, 6.07) is 16.4. The lowest BCUT2D eigenvalue weighted by Crippen LogP contribution is -2.28. The normalized spacial score (nSPS) is 15.0. The molecule has 0 spiro atoms. The van der Waals surface area contributed by atoms with Gasteiger partial charge in [-0.3, -0.25) is 9.59 Å². The van der Waals surface area contributed by atoms with Gasteiger partial charge in [0.2, 0.25) is 12.5 Å². The Hall–Kier alpha value is -4.24. The van der Waals surface area contributed by atoms with Gasteiger partial charge < -0.3 is 34.3 Å². The number of benzene rings is 3. The van der Waals surface area contributed by atoms with E-state index in [0.717, 1.165) is 16.7 Å². The second kappa shape index (κ2) is 11.2. The van der Waals surface area contributed by atoms with Crippen molar-refractivity contribution in [2.45, 2.75) is 13.0 Å². The van der Waals surface area contributed by atoms with Crippen LogP contribution in [-0.4, -0.2) is 52.1 Å². The highest BCUT2D eigenvalue weighted by molar-refractivity contribution is 5.95. The number of amides is 2. The molecule has 37 heavy (non-hydrogen) atoms. The Morgan fingerprint density at radius 1 is 1.00 bits per heavy atom. The number of fused-ring (bicyclic) bond motifs is 4. The molecule has 2 amide bonds. The highest BCUT2D eigenvalue weighted by Gasteiger charge is 2.20. The quantitative estimate of drug-likeness (QED) is 0.563. The summed E-state index contributed by atoms with van der Waals surface area (Å²) in [7, 11) is 1.56. The van der Waals surface area contributed by atoms with Crippen LogP contribution in [0.5, 0.6) is 23.0 Å². The van der Waals surface area contributed by atoms with E-state index in [1.54, 1.807) is 25.3 Å². The third-order valence-electron chi connectivity index (χ3n) is 6.09. The molecule has 0 unspecified atom stereocenters. The molecule has 0 radical (unpaired) electrons. The molecule has 3 aromatic rings. The average Bonchev–Trinajstić information content (AvgIpc) is 3.40. The standard InChI is InChI=1S/C28H28N2O7/c1-33-24-13-19(14-25-26(24)37-17-36-25)16-30-28(32)21-5-6-23-22(15-21)12-18-3-2-4-20(11-18)27(31)29-7-8-34-9-10-35-23/h2-6,11,13-15H,7-10,12,16-17H2,1H3,(H,29,31)(H,30,32). The first-order chi connectivity index (χ1) is 18.1. The average molecular weight is 505 g/mol. The van der Waals surface area contributed by atoms with Crippen molar-refractivity contribution in [1.82, 2.24) is 10.6 Å². The molecule has 0 aromatic heterocycles. The number of hydrogen-bond donors (Lipinski definition) is 2. The van der Waals surface area contributed by atoms with Crippen molar-refractivity contribution in [3.05, 3.63) is 82.4 Å². The molecule has 0 aliphatic carbocycles. The van der Waals surface area contributed by atoms with Gasteiger partial charge >= 0.3 is 0 Å². The van der Waals surface area contributed by atoms with Gasteiger partial charge in [0.15, 0.2) is 11.5 Å². The highest BCUT2D eigenvalue weighted by atomic mass is 16.7. The lowest BCUT2D eigenvalue weighted by Gasteiger charge is -2.15. The van der Waals surface area contributed by atoms with Crippen molar-refractivity contribution in [2.24, 2.45) is 0 Å². The second-order valence-corrected chi connectivity index (χ2v) is 8.63. The Morgan fingerprint density at radius 2 is 1.92 bits per heavy atom. The van der Waals surface area contributed by atoms with Crippen molar-refractivity contribution in [1.29, 1.82) is 0 Å². The van der Waals surface area contributed by atoms with E-state index in [4.69, 9.17) is 23.7 Å². The summed E-state index contributed by atoms with van der Waals surface area (Å²) in [5.74, 6) is 2.01. The predicted octanol–water partition coefficient (Wildman–Crippen LogP) is 3.08. The smallest absolute Gasteiger partial charge is 0.251 e. The summed E-state index contributed by atoms with van der Waals surface area (Å²) in [5.41, 5.74) is 3.68. The van der Waals surface area contributed by atoms with Crippen LogP contribution in [-0.2, 0) is 17.7 Å². The Balaban J connectivity index is 1.35. The van der Waals surface area contributed by atoms with E-state index >= 15 is 0 Å². The molecular formula is C28H28N2O7. The molecule has 0 fully saturated rings. The van der Waals surface area contributed by atoms with E-state index in [-0.39, 0.29) is 25.2 Å². The summed E-state index contributed by atoms with van der Waals surface area (Å²) in [5, 5.41) is 5.81. The molecule has 3 aromatic carbocycles. The van der Waals surface area contributed by atoms with Crippen molar-refractivity contribution in [3.63, 3.8) is 0 Å².